The highest BCUT2D eigenvalue weighted by Gasteiger charge is 2.12. The summed E-state index contributed by atoms with van der Waals surface area (Å²) in [6.45, 7) is 8.64. The van der Waals surface area contributed by atoms with E-state index >= 15 is 0 Å². The van der Waals surface area contributed by atoms with Gasteiger partial charge in [0.15, 0.2) is 5.96 Å². The summed E-state index contributed by atoms with van der Waals surface area (Å²) in [5.74, 6) is 1.91. The smallest absolute Gasteiger partial charge is 0.212 e. The maximum atomic E-state index is 5.75. The fourth-order valence-corrected chi connectivity index (χ4v) is 2.20. The topological polar surface area (TPSA) is 67.8 Å². The molecule has 1 unspecified atom stereocenters. The number of rotatable bonds is 9. The number of nitrogens with zero attached hydrogens (tertiary/aromatic N) is 2. The van der Waals surface area contributed by atoms with Crippen molar-refractivity contribution in [3.05, 3.63) is 23.9 Å². The average molecular weight is 450 g/mol. The molecule has 1 atom stereocenters. The molecule has 0 spiro atoms. The normalized spacial score (nSPS) is 12.5. The van der Waals surface area contributed by atoms with Crippen LogP contribution in [-0.2, 0) is 11.3 Å². The zero-order valence-electron chi connectivity index (χ0n) is 15.3. The van der Waals surface area contributed by atoms with Gasteiger partial charge < -0.3 is 20.1 Å². The molecule has 0 radical (unpaired) electrons. The van der Waals surface area contributed by atoms with E-state index in [0.717, 1.165) is 31.1 Å². The van der Waals surface area contributed by atoms with Crippen molar-refractivity contribution < 1.29 is 9.47 Å². The molecule has 0 aliphatic rings. The van der Waals surface area contributed by atoms with Crippen LogP contribution in [0.1, 0.15) is 32.8 Å². The highest BCUT2D eigenvalue weighted by atomic mass is 127. The molecule has 7 heteroatoms. The van der Waals surface area contributed by atoms with Crippen LogP contribution in [0.3, 0.4) is 0 Å². The molecule has 0 saturated heterocycles. The number of nitrogens with one attached hydrogen (secondary N) is 2. The summed E-state index contributed by atoms with van der Waals surface area (Å²) < 4.78 is 10.8. The van der Waals surface area contributed by atoms with E-state index in [9.17, 15) is 0 Å². The summed E-state index contributed by atoms with van der Waals surface area (Å²) in [5.41, 5.74) is 1.07. The van der Waals surface area contributed by atoms with Crippen molar-refractivity contribution in [2.45, 2.75) is 39.8 Å². The molecule has 6 nitrogen and oxygen atoms in total. The number of ether oxygens (including phenoxy) is 2. The highest BCUT2D eigenvalue weighted by Crippen LogP contribution is 2.10. The van der Waals surface area contributed by atoms with Gasteiger partial charge in [-0.1, -0.05) is 19.9 Å². The number of methoxy groups -OCH3 is 1. The molecule has 138 valence electrons. The maximum absolute atomic E-state index is 5.75. The Morgan fingerprint density at radius 2 is 2.04 bits per heavy atom. The van der Waals surface area contributed by atoms with Gasteiger partial charge in [-0.05, 0) is 24.8 Å². The van der Waals surface area contributed by atoms with E-state index in [4.69, 9.17) is 9.47 Å². The first kappa shape index (κ1) is 22.9. The van der Waals surface area contributed by atoms with Crippen LogP contribution in [0.2, 0.25) is 0 Å². The Morgan fingerprint density at radius 1 is 1.29 bits per heavy atom. The summed E-state index contributed by atoms with van der Waals surface area (Å²) in [4.78, 5) is 8.42. The highest BCUT2D eigenvalue weighted by molar-refractivity contribution is 14.0. The van der Waals surface area contributed by atoms with Crippen molar-refractivity contribution in [3.63, 3.8) is 0 Å². The van der Waals surface area contributed by atoms with Gasteiger partial charge in [0.1, 0.15) is 0 Å². The Morgan fingerprint density at radius 3 is 2.54 bits per heavy atom. The first-order valence-corrected chi connectivity index (χ1v) is 8.15. The van der Waals surface area contributed by atoms with Crippen LogP contribution in [0.25, 0.3) is 0 Å². The van der Waals surface area contributed by atoms with E-state index in [-0.39, 0.29) is 30.1 Å². The summed E-state index contributed by atoms with van der Waals surface area (Å²) >= 11 is 0. The van der Waals surface area contributed by atoms with Gasteiger partial charge >= 0.3 is 0 Å². The molecule has 24 heavy (non-hydrogen) atoms. The van der Waals surface area contributed by atoms with Crippen molar-refractivity contribution in [2.24, 2.45) is 10.9 Å². The third kappa shape index (κ3) is 8.68. The van der Waals surface area contributed by atoms with Crippen LogP contribution in [-0.4, -0.2) is 44.4 Å². The van der Waals surface area contributed by atoms with Crippen molar-refractivity contribution in [3.8, 4) is 5.88 Å². The second-order valence-corrected chi connectivity index (χ2v) is 5.59. The molecule has 0 amide bonds. The number of hydrogen-bond acceptors (Lipinski definition) is 4. The number of aliphatic imine (C=N–C) groups is 1. The molecule has 0 saturated carbocycles. The number of hydrogen-bond donors (Lipinski definition) is 2. The minimum atomic E-state index is 0. The number of halogens is 1. The zero-order valence-corrected chi connectivity index (χ0v) is 17.7. The second-order valence-electron chi connectivity index (χ2n) is 5.59. The van der Waals surface area contributed by atoms with Crippen molar-refractivity contribution >= 4 is 29.9 Å². The second kappa shape index (κ2) is 13.2. The minimum Gasteiger partial charge on any atom is -0.481 e. The fourth-order valence-electron chi connectivity index (χ4n) is 2.20. The third-order valence-corrected chi connectivity index (χ3v) is 3.54. The average Bonchev–Trinajstić information content (AvgIpc) is 2.57. The Bertz CT molecular complexity index is 466. The predicted octanol–water partition coefficient (Wildman–Crippen LogP) is 2.82. The Hall–Kier alpha value is -1.09. The molecule has 2 N–H and O–H groups in total. The summed E-state index contributed by atoms with van der Waals surface area (Å²) in [6, 6.07) is 3.83. The monoisotopic (exact) mass is 450 g/mol. The summed E-state index contributed by atoms with van der Waals surface area (Å²) in [7, 11) is 3.38. The van der Waals surface area contributed by atoms with Crippen LogP contribution < -0.4 is 15.4 Å². The minimum absolute atomic E-state index is 0. The van der Waals surface area contributed by atoms with Crippen molar-refractivity contribution in [2.75, 3.05) is 27.3 Å². The van der Waals surface area contributed by atoms with Crippen LogP contribution in [0, 0.1) is 5.92 Å². The predicted molar refractivity (Wildman–Crippen MR) is 109 cm³/mol. The van der Waals surface area contributed by atoms with E-state index in [1.807, 2.05) is 19.1 Å². The molecule has 1 aromatic heterocycles. The lowest BCUT2D eigenvalue weighted by molar-refractivity contribution is 0.0258. The van der Waals surface area contributed by atoms with Gasteiger partial charge in [0, 0.05) is 39.0 Å². The van der Waals surface area contributed by atoms with Gasteiger partial charge in [-0.25, -0.2) is 4.98 Å². The van der Waals surface area contributed by atoms with Gasteiger partial charge in [0.05, 0.1) is 13.2 Å². The molecule has 1 aromatic rings. The number of aromatic nitrogens is 1. The van der Waals surface area contributed by atoms with E-state index in [0.29, 0.717) is 18.3 Å². The Labute approximate surface area is 162 Å². The molecule has 0 bridgehead atoms. The first-order valence-electron chi connectivity index (χ1n) is 8.15. The van der Waals surface area contributed by atoms with Crippen molar-refractivity contribution in [1.82, 2.24) is 15.6 Å². The lowest BCUT2D eigenvalue weighted by Gasteiger charge is -2.21. The van der Waals surface area contributed by atoms with E-state index in [1.165, 1.54) is 0 Å². The standard InChI is InChI=1S/C17H30N4O2.HI/c1-6-23-15(13(2)3)9-10-19-17(18-4)21-12-14-7-8-16(22-5)20-11-14;/h7-8,11,13,15H,6,9-10,12H2,1-5H3,(H2,18,19,21);1H. The molecule has 0 aliphatic heterocycles. The van der Waals surface area contributed by atoms with Gasteiger partial charge in [0.2, 0.25) is 5.88 Å². The molecule has 0 aromatic carbocycles. The quantitative estimate of drug-likeness (QED) is 0.344. The van der Waals surface area contributed by atoms with Gasteiger partial charge in [0.25, 0.3) is 0 Å². The molecule has 0 aliphatic carbocycles. The first-order chi connectivity index (χ1) is 11.1. The SMILES string of the molecule is CCOC(CCNC(=NC)NCc1ccc(OC)nc1)C(C)C.I. The molecule has 1 heterocycles. The molecular weight excluding hydrogens is 419 g/mol. The number of guanidine groups is 1. The Kier molecular flexibility index (Phi) is 12.6. The molecule has 1 rings (SSSR count). The van der Waals surface area contributed by atoms with Crippen LogP contribution in [0.5, 0.6) is 5.88 Å². The molecular formula is C17H31IN4O2. The van der Waals surface area contributed by atoms with E-state index in [1.54, 1.807) is 20.4 Å². The summed E-state index contributed by atoms with van der Waals surface area (Å²) in [5, 5.41) is 6.60. The molecule has 0 fully saturated rings. The van der Waals surface area contributed by atoms with Gasteiger partial charge in [-0.2, -0.15) is 0 Å². The van der Waals surface area contributed by atoms with Crippen LogP contribution >= 0.6 is 24.0 Å². The zero-order chi connectivity index (χ0) is 17.1. The fraction of sp³-hybridized carbons (Fsp3) is 0.647. The summed E-state index contributed by atoms with van der Waals surface area (Å²) in [6.07, 6.45) is 3.02. The Balaban J connectivity index is 0.00000529. The largest absolute Gasteiger partial charge is 0.481 e. The number of pyridine rings is 1. The lowest BCUT2D eigenvalue weighted by Crippen LogP contribution is -2.38. The van der Waals surface area contributed by atoms with Gasteiger partial charge in [-0.3, -0.25) is 4.99 Å². The van der Waals surface area contributed by atoms with Gasteiger partial charge in [-0.15, -0.1) is 24.0 Å². The van der Waals surface area contributed by atoms with Crippen molar-refractivity contribution in [1.29, 1.82) is 0 Å². The van der Waals surface area contributed by atoms with Crippen LogP contribution in [0.4, 0.5) is 0 Å². The van der Waals surface area contributed by atoms with Crippen LogP contribution in [0.15, 0.2) is 23.3 Å². The maximum Gasteiger partial charge on any atom is 0.212 e. The van der Waals surface area contributed by atoms with E-state index < -0.39 is 0 Å². The van der Waals surface area contributed by atoms with E-state index in [2.05, 4.69) is 34.5 Å². The third-order valence-electron chi connectivity index (χ3n) is 3.54. The lowest BCUT2D eigenvalue weighted by atomic mass is 10.0.